The number of hydrogen-bond donors (Lipinski definition) is 0. The lowest BCUT2D eigenvalue weighted by molar-refractivity contribution is -0.151. The predicted molar refractivity (Wildman–Crippen MR) is 133 cm³/mol. The van der Waals surface area contributed by atoms with Crippen LogP contribution in [0.2, 0.25) is 0 Å². The first kappa shape index (κ1) is 30.8. The van der Waals surface area contributed by atoms with Gasteiger partial charge in [-0.1, -0.05) is 17.7 Å². The van der Waals surface area contributed by atoms with Crippen LogP contribution in [0.15, 0.2) is 48.5 Å². The van der Waals surface area contributed by atoms with Crippen LogP contribution in [0.4, 0.5) is 0 Å². The second kappa shape index (κ2) is 17.9. The van der Waals surface area contributed by atoms with E-state index in [1.807, 2.05) is 6.92 Å². The van der Waals surface area contributed by atoms with Crippen molar-refractivity contribution in [3.05, 3.63) is 65.2 Å². The number of benzene rings is 2. The molecule has 12 heteroatoms. The molecular formula is C27H29NO11. The fraction of sp³-hybridized carbons (Fsp3) is 0.370. The molecule has 0 spiro atoms. The Labute approximate surface area is 225 Å². The van der Waals surface area contributed by atoms with E-state index in [2.05, 4.69) is 4.74 Å². The molecule has 2 aromatic carbocycles. The van der Waals surface area contributed by atoms with E-state index in [1.54, 1.807) is 24.3 Å². The molecule has 0 saturated heterocycles. The lowest BCUT2D eigenvalue weighted by Gasteiger charge is -2.08. The Bertz CT molecular complexity index is 1110. The van der Waals surface area contributed by atoms with Crippen LogP contribution in [-0.2, 0) is 38.0 Å². The fourth-order valence-electron chi connectivity index (χ4n) is 2.78. The third-order valence-corrected chi connectivity index (χ3v) is 4.72. The van der Waals surface area contributed by atoms with Gasteiger partial charge in [0.15, 0.2) is 0 Å². The molecule has 0 aliphatic carbocycles. The highest BCUT2D eigenvalue weighted by Gasteiger charge is 2.10. The molecule has 0 aliphatic heterocycles. The maximum Gasteiger partial charge on any atom is 0.338 e. The van der Waals surface area contributed by atoms with Crippen molar-refractivity contribution < 1.29 is 52.3 Å². The second-order valence-corrected chi connectivity index (χ2v) is 7.76. The highest BCUT2D eigenvalue weighted by Crippen LogP contribution is 2.12. The molecule has 0 bridgehead atoms. The largest absolute Gasteiger partial charge is 0.464 e. The number of rotatable bonds is 17. The van der Waals surface area contributed by atoms with E-state index in [1.165, 1.54) is 30.5 Å². The minimum absolute atomic E-state index is 0.00567. The van der Waals surface area contributed by atoms with Crippen molar-refractivity contribution in [1.29, 1.82) is 5.26 Å². The Hall–Kier alpha value is -4.47. The van der Waals surface area contributed by atoms with E-state index < -0.39 is 23.9 Å². The minimum Gasteiger partial charge on any atom is -0.464 e. The quantitative estimate of drug-likeness (QED) is 0.124. The molecule has 2 aromatic rings. The first-order valence-corrected chi connectivity index (χ1v) is 11.9. The van der Waals surface area contributed by atoms with Crippen LogP contribution in [0.1, 0.15) is 32.7 Å². The van der Waals surface area contributed by atoms with Gasteiger partial charge in [0.1, 0.15) is 32.2 Å². The van der Waals surface area contributed by atoms with E-state index in [0.29, 0.717) is 11.3 Å². The Morgan fingerprint density at radius 3 is 1.56 bits per heavy atom. The summed E-state index contributed by atoms with van der Waals surface area (Å²) in [4.78, 5) is 47.0. The maximum atomic E-state index is 11.9. The van der Waals surface area contributed by atoms with Gasteiger partial charge in [-0.05, 0) is 43.3 Å². The summed E-state index contributed by atoms with van der Waals surface area (Å²) in [5, 5.41) is 8.43. The molecule has 0 unspecified atom stereocenters. The van der Waals surface area contributed by atoms with Gasteiger partial charge in [0.05, 0.1) is 37.6 Å². The van der Waals surface area contributed by atoms with Crippen LogP contribution >= 0.6 is 0 Å². The van der Waals surface area contributed by atoms with Crippen molar-refractivity contribution in [1.82, 2.24) is 0 Å². The third-order valence-electron chi connectivity index (χ3n) is 4.72. The van der Waals surface area contributed by atoms with Crippen LogP contribution in [0, 0.1) is 18.4 Å². The Kier molecular flexibility index (Phi) is 14.1. The summed E-state index contributed by atoms with van der Waals surface area (Å²) >= 11 is 0. The molecule has 0 aromatic heterocycles. The van der Waals surface area contributed by atoms with Gasteiger partial charge in [0, 0.05) is 6.42 Å². The molecule has 0 heterocycles. The van der Waals surface area contributed by atoms with E-state index >= 15 is 0 Å². The number of carbonyl (C=O) groups excluding carboxylic acids is 4. The topological polar surface area (TPSA) is 157 Å². The van der Waals surface area contributed by atoms with E-state index in [9.17, 15) is 19.2 Å². The molecule has 0 fully saturated rings. The lowest BCUT2D eigenvalue weighted by atomic mass is 10.1. The first-order chi connectivity index (χ1) is 18.9. The van der Waals surface area contributed by atoms with Gasteiger partial charge in [-0.2, -0.15) is 0 Å². The van der Waals surface area contributed by atoms with E-state index in [-0.39, 0.29) is 64.8 Å². The Morgan fingerprint density at radius 2 is 1.10 bits per heavy atom. The van der Waals surface area contributed by atoms with Crippen LogP contribution in [0.25, 0.3) is 0 Å². The smallest absolute Gasteiger partial charge is 0.338 e. The summed E-state index contributed by atoms with van der Waals surface area (Å²) in [5.74, 6) is -1.99. The average molecular weight is 544 g/mol. The third kappa shape index (κ3) is 13.1. The molecule has 0 atom stereocenters. The summed E-state index contributed by atoms with van der Waals surface area (Å²) in [6.07, 6.45) is 1.80. The van der Waals surface area contributed by atoms with Crippen molar-refractivity contribution in [2.75, 3.05) is 52.9 Å². The molecular weight excluding hydrogens is 514 g/mol. The molecule has 0 saturated carbocycles. The molecule has 12 nitrogen and oxygen atoms in total. The zero-order chi connectivity index (χ0) is 28.3. The lowest BCUT2D eigenvalue weighted by Crippen LogP contribution is -2.19. The summed E-state index contributed by atoms with van der Waals surface area (Å²) in [7, 11) is 0. The number of esters is 4. The molecule has 39 heavy (non-hydrogen) atoms. The number of hydrogen-bond acceptors (Lipinski definition) is 12. The summed E-state index contributed by atoms with van der Waals surface area (Å²) < 4.78 is 34.8. The van der Waals surface area contributed by atoms with Crippen molar-refractivity contribution in [3.63, 3.8) is 0 Å². The maximum absolute atomic E-state index is 11.9. The Balaban J connectivity index is 1.41. The van der Waals surface area contributed by atoms with Crippen molar-refractivity contribution in [2.24, 2.45) is 0 Å². The van der Waals surface area contributed by atoms with Gasteiger partial charge < -0.3 is 33.2 Å². The first-order valence-electron chi connectivity index (χ1n) is 11.9. The van der Waals surface area contributed by atoms with Gasteiger partial charge >= 0.3 is 23.9 Å². The molecule has 0 radical (unpaired) electrons. The number of nitriles is 1. The highest BCUT2D eigenvalue weighted by molar-refractivity contribution is 5.89. The molecule has 2 rings (SSSR count). The van der Waals surface area contributed by atoms with Gasteiger partial charge in [0.2, 0.25) is 0 Å². The van der Waals surface area contributed by atoms with Crippen molar-refractivity contribution in [2.45, 2.75) is 13.3 Å². The molecule has 0 aliphatic rings. The van der Waals surface area contributed by atoms with Crippen LogP contribution in [-0.4, -0.2) is 76.7 Å². The zero-order valence-electron chi connectivity index (χ0n) is 21.4. The van der Waals surface area contributed by atoms with Crippen molar-refractivity contribution in [3.8, 4) is 12.0 Å². The summed E-state index contributed by atoms with van der Waals surface area (Å²) in [6, 6.07) is 12.7. The number of carbonyl (C=O) groups is 4. The summed E-state index contributed by atoms with van der Waals surface area (Å²) in [5.41, 5.74) is 1.73. The van der Waals surface area contributed by atoms with Gasteiger partial charge in [-0.3, -0.25) is 0 Å². The minimum atomic E-state index is -0.621. The molecule has 0 amide bonds. The van der Waals surface area contributed by atoms with Gasteiger partial charge in [-0.15, -0.1) is 5.26 Å². The van der Waals surface area contributed by atoms with Crippen LogP contribution < -0.4 is 4.74 Å². The highest BCUT2D eigenvalue weighted by atomic mass is 16.6. The number of nitrogens with zero attached hydrogens (tertiary/aromatic N) is 1. The van der Waals surface area contributed by atoms with Crippen molar-refractivity contribution >= 4 is 23.9 Å². The number of ether oxygens (including phenoxy) is 7. The van der Waals surface area contributed by atoms with Gasteiger partial charge in [0.25, 0.3) is 6.26 Å². The Morgan fingerprint density at radius 1 is 0.641 bits per heavy atom. The van der Waals surface area contributed by atoms with E-state index in [0.717, 1.165) is 5.56 Å². The zero-order valence-corrected chi connectivity index (χ0v) is 21.4. The van der Waals surface area contributed by atoms with E-state index in [4.69, 9.17) is 33.7 Å². The standard InChI is InChI=1S/C27H29NO11/c1-20-3-5-21(6-4-20)26(31)37-15-13-33-17-24(29)35-11-2-12-36-25(30)18-34-14-16-38-27(32)22-7-9-23(10-8-22)39-19-28/h3-10H,2,11-18H2,1H3. The second-order valence-electron chi connectivity index (χ2n) is 7.76. The summed E-state index contributed by atoms with van der Waals surface area (Å²) in [6.45, 7) is 1.26. The number of aryl methyl sites for hydroxylation is 1. The predicted octanol–water partition coefficient (Wildman–Crippen LogP) is 2.38. The normalized spacial score (nSPS) is 10.2. The fourth-order valence-corrected chi connectivity index (χ4v) is 2.78. The average Bonchev–Trinajstić information content (AvgIpc) is 2.93. The molecule has 0 N–H and O–H groups in total. The molecule has 208 valence electrons. The monoisotopic (exact) mass is 543 g/mol. The van der Waals surface area contributed by atoms with Crippen LogP contribution in [0.5, 0.6) is 5.75 Å². The van der Waals surface area contributed by atoms with Gasteiger partial charge in [-0.25, -0.2) is 19.2 Å². The van der Waals surface area contributed by atoms with Crippen LogP contribution in [0.3, 0.4) is 0 Å². The SMILES string of the molecule is Cc1ccc(C(=O)OCCOCC(=O)OCCCOC(=O)COCCOC(=O)c2ccc(OC#N)cc2)cc1.